The van der Waals surface area contributed by atoms with Crippen molar-refractivity contribution in [1.82, 2.24) is 9.88 Å². The maximum atomic E-state index is 11.8. The molecular weight excluding hydrogens is 190 g/mol. The number of nitrogens with zero attached hydrogens (tertiary/aromatic N) is 3. The summed E-state index contributed by atoms with van der Waals surface area (Å²) in [5.74, 6) is -0.147. The van der Waals surface area contributed by atoms with Gasteiger partial charge in [0.15, 0.2) is 0 Å². The number of aromatic nitrogens is 1. The number of amides is 1. The van der Waals surface area contributed by atoms with E-state index in [9.17, 15) is 4.79 Å². The molecule has 78 valence electrons. The smallest absolute Gasteiger partial charge is 0.256 e. The van der Waals surface area contributed by atoms with Gasteiger partial charge >= 0.3 is 0 Å². The van der Waals surface area contributed by atoms with Gasteiger partial charge in [-0.2, -0.15) is 5.26 Å². The molecule has 0 N–H and O–H groups in total. The van der Waals surface area contributed by atoms with E-state index >= 15 is 0 Å². The highest BCUT2D eigenvalue weighted by Gasteiger charge is 2.13. The molecule has 0 unspecified atom stereocenters. The van der Waals surface area contributed by atoms with Gasteiger partial charge in [-0.05, 0) is 26.0 Å². The van der Waals surface area contributed by atoms with Crippen LogP contribution in [0.2, 0.25) is 0 Å². The zero-order valence-electron chi connectivity index (χ0n) is 8.90. The fourth-order valence-corrected chi connectivity index (χ4v) is 1.19. The first-order valence-corrected chi connectivity index (χ1v) is 4.78. The lowest BCUT2D eigenvalue weighted by atomic mass is 10.2. The second kappa shape index (κ2) is 5.11. The highest BCUT2D eigenvalue weighted by molar-refractivity contribution is 5.94. The quantitative estimate of drug-likeness (QED) is 0.697. The van der Waals surface area contributed by atoms with Crippen LogP contribution in [0.25, 0.3) is 0 Å². The van der Waals surface area contributed by atoms with Crippen LogP contribution in [0, 0.1) is 18.3 Å². The fraction of sp³-hybridized carbons (Fsp3) is 0.364. The van der Waals surface area contributed by atoms with Gasteiger partial charge in [-0.15, -0.1) is 0 Å². The molecule has 0 saturated heterocycles. The van der Waals surface area contributed by atoms with Crippen molar-refractivity contribution >= 4 is 5.91 Å². The number of pyridine rings is 1. The Hall–Kier alpha value is -1.89. The maximum absolute atomic E-state index is 11.8. The van der Waals surface area contributed by atoms with Crippen molar-refractivity contribution in [2.24, 2.45) is 0 Å². The summed E-state index contributed by atoms with van der Waals surface area (Å²) >= 11 is 0. The highest BCUT2D eigenvalue weighted by atomic mass is 16.2. The molecule has 1 amide bonds. The summed E-state index contributed by atoms with van der Waals surface area (Å²) in [6, 6.07) is 5.48. The van der Waals surface area contributed by atoms with Crippen LogP contribution in [0.15, 0.2) is 18.3 Å². The molecular formula is C11H13N3O. The van der Waals surface area contributed by atoms with Crippen molar-refractivity contribution in [1.29, 1.82) is 5.26 Å². The summed E-state index contributed by atoms with van der Waals surface area (Å²) in [4.78, 5) is 17.3. The SMILES string of the molecule is CCN(CC#N)C(=O)c1ccc(C)nc1. The van der Waals surface area contributed by atoms with Gasteiger partial charge < -0.3 is 4.90 Å². The minimum Gasteiger partial charge on any atom is -0.326 e. The topological polar surface area (TPSA) is 57.0 Å². The van der Waals surface area contributed by atoms with Gasteiger partial charge in [-0.3, -0.25) is 9.78 Å². The predicted octanol–water partition coefficient (Wildman–Crippen LogP) is 1.38. The van der Waals surface area contributed by atoms with Gasteiger partial charge in [0.1, 0.15) is 6.54 Å². The molecule has 4 nitrogen and oxygen atoms in total. The van der Waals surface area contributed by atoms with Gasteiger partial charge in [0.05, 0.1) is 11.6 Å². The molecule has 0 aliphatic rings. The summed E-state index contributed by atoms with van der Waals surface area (Å²) < 4.78 is 0. The van der Waals surface area contributed by atoms with Crippen LogP contribution in [0.3, 0.4) is 0 Å². The van der Waals surface area contributed by atoms with Gasteiger partial charge in [0, 0.05) is 18.4 Å². The molecule has 1 rings (SSSR count). The number of hydrogen-bond acceptors (Lipinski definition) is 3. The fourth-order valence-electron chi connectivity index (χ4n) is 1.19. The van der Waals surface area contributed by atoms with E-state index in [2.05, 4.69) is 4.98 Å². The Balaban J connectivity index is 2.84. The van der Waals surface area contributed by atoms with E-state index in [-0.39, 0.29) is 12.5 Å². The van der Waals surface area contributed by atoms with E-state index in [1.54, 1.807) is 12.1 Å². The van der Waals surface area contributed by atoms with Crippen molar-refractivity contribution in [3.05, 3.63) is 29.6 Å². The van der Waals surface area contributed by atoms with E-state index in [1.807, 2.05) is 19.9 Å². The van der Waals surface area contributed by atoms with Crippen LogP contribution in [0.1, 0.15) is 23.0 Å². The summed E-state index contributed by atoms with van der Waals surface area (Å²) in [5, 5.41) is 8.55. The number of hydrogen-bond donors (Lipinski definition) is 0. The minimum absolute atomic E-state index is 0.114. The molecule has 0 aliphatic heterocycles. The Morgan fingerprint density at radius 2 is 2.33 bits per heavy atom. The Kier molecular flexibility index (Phi) is 3.81. The second-order valence-corrected chi connectivity index (χ2v) is 3.17. The molecule has 15 heavy (non-hydrogen) atoms. The Morgan fingerprint density at radius 3 is 2.80 bits per heavy atom. The molecule has 0 fully saturated rings. The second-order valence-electron chi connectivity index (χ2n) is 3.17. The largest absolute Gasteiger partial charge is 0.326 e. The van der Waals surface area contributed by atoms with Gasteiger partial charge in [-0.25, -0.2) is 0 Å². The molecule has 0 spiro atoms. The summed E-state index contributed by atoms with van der Waals surface area (Å²) in [7, 11) is 0. The average Bonchev–Trinajstić information content (AvgIpc) is 2.26. The van der Waals surface area contributed by atoms with Crippen molar-refractivity contribution in [3.63, 3.8) is 0 Å². The number of carbonyl (C=O) groups excluding carboxylic acids is 1. The standard InChI is InChI=1S/C11H13N3O/c1-3-14(7-6-12)11(15)10-5-4-9(2)13-8-10/h4-5,8H,3,7H2,1-2H3. The number of nitriles is 1. The van der Waals surface area contributed by atoms with Crippen molar-refractivity contribution < 1.29 is 4.79 Å². The third kappa shape index (κ3) is 2.78. The molecule has 1 aromatic rings. The zero-order valence-corrected chi connectivity index (χ0v) is 8.90. The maximum Gasteiger partial charge on any atom is 0.256 e. The monoisotopic (exact) mass is 203 g/mol. The van der Waals surface area contributed by atoms with Crippen molar-refractivity contribution in [3.8, 4) is 6.07 Å². The van der Waals surface area contributed by atoms with Crippen LogP contribution in [-0.4, -0.2) is 28.9 Å². The molecule has 0 saturated carbocycles. The molecule has 1 aromatic heterocycles. The van der Waals surface area contributed by atoms with Crippen LogP contribution in [0.5, 0.6) is 0 Å². The van der Waals surface area contributed by atoms with Crippen LogP contribution in [0.4, 0.5) is 0 Å². The summed E-state index contributed by atoms with van der Waals surface area (Å²) in [6.07, 6.45) is 1.54. The molecule has 4 heteroatoms. The first-order valence-electron chi connectivity index (χ1n) is 4.78. The third-order valence-electron chi connectivity index (χ3n) is 2.09. The molecule has 0 aliphatic carbocycles. The van der Waals surface area contributed by atoms with E-state index in [4.69, 9.17) is 5.26 Å². The highest BCUT2D eigenvalue weighted by Crippen LogP contribution is 2.04. The lowest BCUT2D eigenvalue weighted by Crippen LogP contribution is -2.31. The number of carbonyl (C=O) groups is 1. The van der Waals surface area contributed by atoms with Crippen LogP contribution >= 0.6 is 0 Å². The van der Waals surface area contributed by atoms with E-state index in [1.165, 1.54) is 11.1 Å². The number of aryl methyl sites for hydroxylation is 1. The lowest BCUT2D eigenvalue weighted by molar-refractivity contribution is 0.0784. The Morgan fingerprint density at radius 1 is 1.60 bits per heavy atom. The molecule has 1 heterocycles. The normalized spacial score (nSPS) is 9.40. The minimum atomic E-state index is -0.147. The van der Waals surface area contributed by atoms with Crippen LogP contribution in [-0.2, 0) is 0 Å². The van der Waals surface area contributed by atoms with Gasteiger partial charge in [-0.1, -0.05) is 0 Å². The first-order chi connectivity index (χ1) is 7.19. The molecule has 0 aromatic carbocycles. The predicted molar refractivity (Wildman–Crippen MR) is 56.2 cm³/mol. The molecule has 0 bridgehead atoms. The van der Waals surface area contributed by atoms with E-state index in [0.29, 0.717) is 12.1 Å². The lowest BCUT2D eigenvalue weighted by Gasteiger charge is -2.16. The van der Waals surface area contributed by atoms with Gasteiger partial charge in [0.25, 0.3) is 5.91 Å². The Labute approximate surface area is 89.2 Å². The van der Waals surface area contributed by atoms with Crippen LogP contribution < -0.4 is 0 Å². The first kappa shape index (κ1) is 11.2. The zero-order chi connectivity index (χ0) is 11.3. The molecule has 0 radical (unpaired) electrons. The molecule has 0 atom stereocenters. The Bertz CT molecular complexity index is 378. The third-order valence-corrected chi connectivity index (χ3v) is 2.09. The van der Waals surface area contributed by atoms with E-state index < -0.39 is 0 Å². The summed E-state index contributed by atoms with van der Waals surface area (Å²) in [6.45, 7) is 4.35. The van der Waals surface area contributed by atoms with Gasteiger partial charge in [0.2, 0.25) is 0 Å². The van der Waals surface area contributed by atoms with E-state index in [0.717, 1.165) is 5.69 Å². The van der Waals surface area contributed by atoms with Crippen molar-refractivity contribution in [2.45, 2.75) is 13.8 Å². The summed E-state index contributed by atoms with van der Waals surface area (Å²) in [5.41, 5.74) is 1.40. The number of rotatable bonds is 3. The van der Waals surface area contributed by atoms with Crippen molar-refractivity contribution in [2.75, 3.05) is 13.1 Å². The average molecular weight is 203 g/mol.